The Morgan fingerprint density at radius 3 is 2.59 bits per heavy atom. The summed E-state index contributed by atoms with van der Waals surface area (Å²) in [5.74, 6) is 2.30. The molecular weight excluding hydrogens is 364 g/mol. The molecule has 7 heteroatoms. The molecule has 0 radical (unpaired) electrons. The molecule has 2 aromatic carbocycles. The van der Waals surface area contributed by atoms with Crippen LogP contribution in [0.15, 0.2) is 60.8 Å². The first-order valence-corrected chi connectivity index (χ1v) is 9.50. The summed E-state index contributed by atoms with van der Waals surface area (Å²) in [7, 11) is 1.71. The number of nitrogens with zero attached hydrogens (tertiary/aromatic N) is 5. The molecule has 1 fully saturated rings. The molecule has 4 rings (SSSR count). The predicted octanol–water partition coefficient (Wildman–Crippen LogP) is 3.43. The highest BCUT2D eigenvalue weighted by molar-refractivity contribution is 5.60. The summed E-state index contributed by atoms with van der Waals surface area (Å²) in [5, 5.41) is 12.2. The third-order valence-corrected chi connectivity index (χ3v) is 4.92. The van der Waals surface area contributed by atoms with Crippen LogP contribution in [0.4, 0.5) is 23.1 Å². The van der Waals surface area contributed by atoms with E-state index in [0.29, 0.717) is 11.5 Å². The van der Waals surface area contributed by atoms with E-state index in [9.17, 15) is 0 Å². The smallest absolute Gasteiger partial charge is 0.229 e. The van der Waals surface area contributed by atoms with Crippen LogP contribution in [0.5, 0.6) is 5.75 Å². The van der Waals surface area contributed by atoms with Gasteiger partial charge in [0, 0.05) is 38.1 Å². The molecule has 1 aliphatic heterocycles. The van der Waals surface area contributed by atoms with E-state index in [4.69, 9.17) is 10.00 Å². The summed E-state index contributed by atoms with van der Waals surface area (Å²) in [6.07, 6.45) is 1.76. The van der Waals surface area contributed by atoms with Crippen LogP contribution in [0.1, 0.15) is 5.56 Å². The molecule has 0 aliphatic carbocycles. The van der Waals surface area contributed by atoms with E-state index >= 15 is 0 Å². The van der Waals surface area contributed by atoms with Crippen molar-refractivity contribution in [1.82, 2.24) is 9.97 Å². The van der Waals surface area contributed by atoms with Crippen molar-refractivity contribution in [1.29, 1.82) is 5.26 Å². The lowest BCUT2D eigenvalue weighted by molar-refractivity contribution is 0.413. The van der Waals surface area contributed by atoms with Gasteiger partial charge in [-0.3, -0.25) is 0 Å². The monoisotopic (exact) mass is 386 g/mol. The van der Waals surface area contributed by atoms with Crippen LogP contribution in [0.2, 0.25) is 0 Å². The van der Waals surface area contributed by atoms with Crippen molar-refractivity contribution in [2.45, 2.75) is 0 Å². The molecule has 7 nitrogen and oxygen atoms in total. The van der Waals surface area contributed by atoms with Crippen molar-refractivity contribution >= 4 is 23.1 Å². The van der Waals surface area contributed by atoms with Gasteiger partial charge in [-0.2, -0.15) is 10.2 Å². The van der Waals surface area contributed by atoms with Crippen LogP contribution in [0, 0.1) is 11.3 Å². The molecule has 0 unspecified atom stereocenters. The van der Waals surface area contributed by atoms with E-state index in [1.54, 1.807) is 25.4 Å². The van der Waals surface area contributed by atoms with Gasteiger partial charge in [-0.1, -0.05) is 18.2 Å². The Bertz CT molecular complexity index is 1020. The van der Waals surface area contributed by atoms with Crippen molar-refractivity contribution in [3.8, 4) is 11.8 Å². The Morgan fingerprint density at radius 2 is 1.79 bits per heavy atom. The summed E-state index contributed by atoms with van der Waals surface area (Å²) in [6.45, 7) is 3.49. The van der Waals surface area contributed by atoms with Crippen LogP contribution in [0.25, 0.3) is 0 Å². The van der Waals surface area contributed by atoms with Crippen LogP contribution in [-0.2, 0) is 0 Å². The van der Waals surface area contributed by atoms with Gasteiger partial charge < -0.3 is 19.9 Å². The van der Waals surface area contributed by atoms with Crippen molar-refractivity contribution in [2.75, 3.05) is 48.4 Å². The van der Waals surface area contributed by atoms with E-state index in [2.05, 4.69) is 37.2 Å². The number of methoxy groups -OCH3 is 1. The van der Waals surface area contributed by atoms with Crippen LogP contribution in [0.3, 0.4) is 0 Å². The van der Waals surface area contributed by atoms with E-state index in [0.717, 1.165) is 49.1 Å². The largest absolute Gasteiger partial charge is 0.495 e. The Balaban J connectivity index is 1.44. The maximum absolute atomic E-state index is 9.05. The Kier molecular flexibility index (Phi) is 5.43. The number of nitrogens with one attached hydrogen (secondary N) is 1. The number of hydrogen-bond donors (Lipinski definition) is 1. The van der Waals surface area contributed by atoms with E-state index in [1.807, 2.05) is 36.4 Å². The topological polar surface area (TPSA) is 77.3 Å². The molecular formula is C22H22N6O. The number of benzene rings is 2. The summed E-state index contributed by atoms with van der Waals surface area (Å²) in [5.41, 5.74) is 2.51. The fourth-order valence-corrected chi connectivity index (χ4v) is 3.45. The molecule has 1 N–H and O–H groups in total. The van der Waals surface area contributed by atoms with E-state index in [1.165, 1.54) is 0 Å². The van der Waals surface area contributed by atoms with Crippen LogP contribution < -0.4 is 19.9 Å². The lowest BCUT2D eigenvalue weighted by Gasteiger charge is -2.37. The summed E-state index contributed by atoms with van der Waals surface area (Å²) in [4.78, 5) is 13.6. The minimum absolute atomic E-state index is 0.518. The zero-order valence-corrected chi connectivity index (χ0v) is 16.2. The van der Waals surface area contributed by atoms with E-state index in [-0.39, 0.29) is 0 Å². The molecule has 1 saturated heterocycles. The molecule has 29 heavy (non-hydrogen) atoms. The molecule has 0 saturated carbocycles. The van der Waals surface area contributed by atoms with Crippen LogP contribution >= 0.6 is 0 Å². The normalized spacial score (nSPS) is 13.7. The van der Waals surface area contributed by atoms with Crippen molar-refractivity contribution in [2.24, 2.45) is 0 Å². The van der Waals surface area contributed by atoms with Gasteiger partial charge in [0.1, 0.15) is 11.6 Å². The summed E-state index contributed by atoms with van der Waals surface area (Å²) >= 11 is 0. The van der Waals surface area contributed by atoms with Gasteiger partial charge in [-0.15, -0.1) is 0 Å². The number of para-hydroxylation sites is 2. The quantitative estimate of drug-likeness (QED) is 0.720. The molecule has 0 spiro atoms. The minimum atomic E-state index is 0.518. The lowest BCUT2D eigenvalue weighted by atomic mass is 10.2. The molecule has 2 heterocycles. The van der Waals surface area contributed by atoms with E-state index < -0.39 is 0 Å². The first kappa shape index (κ1) is 18.6. The highest BCUT2D eigenvalue weighted by Gasteiger charge is 2.20. The number of rotatable bonds is 5. The zero-order chi connectivity index (χ0) is 20.1. The molecule has 0 atom stereocenters. The maximum atomic E-state index is 9.05. The van der Waals surface area contributed by atoms with Gasteiger partial charge in [0.25, 0.3) is 0 Å². The van der Waals surface area contributed by atoms with Gasteiger partial charge in [0.15, 0.2) is 0 Å². The summed E-state index contributed by atoms with van der Waals surface area (Å²) < 4.78 is 5.49. The number of anilines is 4. The second kappa shape index (κ2) is 8.48. The Labute approximate surface area is 170 Å². The van der Waals surface area contributed by atoms with Gasteiger partial charge >= 0.3 is 0 Å². The number of ether oxygens (including phenoxy) is 1. The molecule has 1 aromatic heterocycles. The molecule has 0 amide bonds. The highest BCUT2D eigenvalue weighted by atomic mass is 16.5. The number of nitriles is 1. The second-order valence-electron chi connectivity index (χ2n) is 6.70. The summed E-state index contributed by atoms with van der Waals surface area (Å²) in [6, 6.07) is 19.4. The lowest BCUT2D eigenvalue weighted by Crippen LogP contribution is -2.47. The van der Waals surface area contributed by atoms with Crippen molar-refractivity contribution in [3.05, 3.63) is 66.4 Å². The Hall–Kier alpha value is -3.79. The van der Waals surface area contributed by atoms with Gasteiger partial charge in [0.05, 0.1) is 24.4 Å². The average molecular weight is 386 g/mol. The third kappa shape index (κ3) is 4.22. The number of piperazine rings is 1. The van der Waals surface area contributed by atoms with Crippen LogP contribution in [-0.4, -0.2) is 43.3 Å². The highest BCUT2D eigenvalue weighted by Crippen LogP contribution is 2.29. The number of hydrogen-bond acceptors (Lipinski definition) is 7. The van der Waals surface area contributed by atoms with Gasteiger partial charge in [0.2, 0.25) is 5.95 Å². The third-order valence-electron chi connectivity index (χ3n) is 4.92. The first-order valence-electron chi connectivity index (χ1n) is 9.50. The zero-order valence-electron chi connectivity index (χ0n) is 16.2. The first-order chi connectivity index (χ1) is 14.3. The average Bonchev–Trinajstić information content (AvgIpc) is 2.79. The minimum Gasteiger partial charge on any atom is -0.495 e. The van der Waals surface area contributed by atoms with Crippen molar-refractivity contribution in [3.63, 3.8) is 0 Å². The second-order valence-corrected chi connectivity index (χ2v) is 6.70. The number of aromatic nitrogens is 2. The SMILES string of the molecule is COc1ccccc1N1CCN(c2ccnc(Nc3cccc(C#N)c3)n2)CC1. The maximum Gasteiger partial charge on any atom is 0.229 e. The van der Waals surface area contributed by atoms with Crippen molar-refractivity contribution < 1.29 is 4.74 Å². The predicted molar refractivity (Wildman–Crippen MR) is 114 cm³/mol. The fraction of sp³-hybridized carbons (Fsp3) is 0.227. The molecule has 3 aromatic rings. The molecule has 1 aliphatic rings. The molecule has 0 bridgehead atoms. The Morgan fingerprint density at radius 1 is 1.00 bits per heavy atom. The van der Waals surface area contributed by atoms with Gasteiger partial charge in [-0.05, 0) is 36.4 Å². The van der Waals surface area contributed by atoms with Gasteiger partial charge in [-0.25, -0.2) is 4.98 Å². The standard InChI is InChI=1S/C22H22N6O/c1-29-20-8-3-2-7-19(20)27-11-13-28(14-12-27)21-9-10-24-22(26-21)25-18-6-4-5-17(15-18)16-23/h2-10,15H,11-14H2,1H3,(H,24,25,26). The fourth-order valence-electron chi connectivity index (χ4n) is 3.45. The molecule has 146 valence electrons.